The van der Waals surface area contributed by atoms with Gasteiger partial charge in [-0.2, -0.15) is 5.10 Å². The van der Waals surface area contributed by atoms with E-state index in [2.05, 4.69) is 24.3 Å². The highest BCUT2D eigenvalue weighted by atomic mass is 16.6. The van der Waals surface area contributed by atoms with E-state index >= 15 is 0 Å². The first-order valence-electron chi connectivity index (χ1n) is 13.3. The molecule has 2 saturated heterocycles. The second-order valence-corrected chi connectivity index (χ2v) is 11.1. The first-order chi connectivity index (χ1) is 17.8. The number of hydrogen-bond acceptors (Lipinski definition) is 4. The maximum absolute atomic E-state index is 13.8. The smallest absolute Gasteiger partial charge is 0.410 e. The summed E-state index contributed by atoms with van der Waals surface area (Å²) in [5, 5.41) is 4.70. The highest BCUT2D eigenvalue weighted by Crippen LogP contribution is 2.35. The summed E-state index contributed by atoms with van der Waals surface area (Å²) in [4.78, 5) is 30.2. The summed E-state index contributed by atoms with van der Waals surface area (Å²) in [6.45, 7) is 8.29. The first-order valence-corrected chi connectivity index (χ1v) is 13.3. The van der Waals surface area contributed by atoms with Gasteiger partial charge in [0.1, 0.15) is 5.60 Å². The van der Waals surface area contributed by atoms with Gasteiger partial charge in [-0.3, -0.25) is 4.79 Å². The Bertz CT molecular complexity index is 1220. The van der Waals surface area contributed by atoms with Crippen LogP contribution in [0.15, 0.2) is 66.9 Å². The average molecular weight is 501 g/mol. The van der Waals surface area contributed by atoms with Crippen molar-refractivity contribution in [2.45, 2.75) is 57.5 Å². The SMILES string of the molecule is CC(C)(C)OC(=O)N1CCC(c2c(C(=O)N3CC[C@@H](c4ccccc4)C3)cnn2-c2ccccc2)CC1. The van der Waals surface area contributed by atoms with Crippen molar-refractivity contribution in [1.82, 2.24) is 19.6 Å². The Morgan fingerprint density at radius 2 is 1.43 bits per heavy atom. The second-order valence-electron chi connectivity index (χ2n) is 11.1. The molecule has 1 aromatic heterocycles. The van der Waals surface area contributed by atoms with Gasteiger partial charge in [0, 0.05) is 38.0 Å². The van der Waals surface area contributed by atoms with Gasteiger partial charge < -0.3 is 14.5 Å². The molecule has 7 heteroatoms. The highest BCUT2D eigenvalue weighted by molar-refractivity contribution is 5.95. The molecule has 0 unspecified atom stereocenters. The number of nitrogens with zero attached hydrogens (tertiary/aromatic N) is 4. The number of rotatable bonds is 4. The highest BCUT2D eigenvalue weighted by Gasteiger charge is 2.35. The number of amides is 2. The van der Waals surface area contributed by atoms with Crippen LogP contribution in [-0.4, -0.2) is 63.4 Å². The van der Waals surface area contributed by atoms with Crippen LogP contribution in [0.4, 0.5) is 4.79 Å². The maximum Gasteiger partial charge on any atom is 0.410 e. The van der Waals surface area contributed by atoms with Gasteiger partial charge in [0.15, 0.2) is 0 Å². The van der Waals surface area contributed by atoms with Crippen LogP contribution in [0.1, 0.15) is 73.5 Å². The number of para-hydroxylation sites is 1. The van der Waals surface area contributed by atoms with Crippen LogP contribution in [0.3, 0.4) is 0 Å². The molecule has 2 fully saturated rings. The summed E-state index contributed by atoms with van der Waals surface area (Å²) in [6, 6.07) is 20.4. The lowest BCUT2D eigenvalue weighted by Crippen LogP contribution is -2.41. The Morgan fingerprint density at radius 1 is 0.838 bits per heavy atom. The van der Waals surface area contributed by atoms with E-state index in [9.17, 15) is 9.59 Å². The largest absolute Gasteiger partial charge is 0.444 e. The maximum atomic E-state index is 13.8. The lowest BCUT2D eigenvalue weighted by Gasteiger charge is -2.34. The molecule has 0 radical (unpaired) electrons. The topological polar surface area (TPSA) is 67.7 Å². The van der Waals surface area contributed by atoms with Gasteiger partial charge in [0.2, 0.25) is 0 Å². The monoisotopic (exact) mass is 500 g/mol. The number of carbonyl (C=O) groups excluding carboxylic acids is 2. The number of likely N-dealkylation sites (tertiary alicyclic amines) is 2. The molecule has 37 heavy (non-hydrogen) atoms. The van der Waals surface area contributed by atoms with E-state index < -0.39 is 5.60 Å². The number of aromatic nitrogens is 2. The third-order valence-electron chi connectivity index (χ3n) is 7.32. The van der Waals surface area contributed by atoms with Gasteiger partial charge in [0.25, 0.3) is 5.91 Å². The van der Waals surface area contributed by atoms with Crippen LogP contribution < -0.4 is 0 Å². The Hall–Kier alpha value is -3.61. The number of carbonyl (C=O) groups is 2. The number of piperidine rings is 1. The molecule has 2 aliphatic rings. The predicted octanol–water partition coefficient (Wildman–Crippen LogP) is 5.62. The van der Waals surface area contributed by atoms with Crippen molar-refractivity contribution in [3.05, 3.63) is 83.7 Å². The molecule has 0 bridgehead atoms. The molecule has 0 saturated carbocycles. The molecule has 3 heterocycles. The van der Waals surface area contributed by atoms with E-state index in [-0.39, 0.29) is 17.9 Å². The van der Waals surface area contributed by atoms with E-state index in [0.29, 0.717) is 24.6 Å². The van der Waals surface area contributed by atoms with Crippen molar-refractivity contribution >= 4 is 12.0 Å². The molecule has 7 nitrogen and oxygen atoms in total. The zero-order chi connectivity index (χ0) is 26.0. The minimum absolute atomic E-state index is 0.0465. The minimum atomic E-state index is -0.521. The van der Waals surface area contributed by atoms with Gasteiger partial charge in [-0.25, -0.2) is 9.48 Å². The summed E-state index contributed by atoms with van der Waals surface area (Å²) in [5.41, 5.74) is 3.32. The van der Waals surface area contributed by atoms with Crippen molar-refractivity contribution in [2.75, 3.05) is 26.2 Å². The number of benzene rings is 2. The van der Waals surface area contributed by atoms with E-state index in [1.54, 1.807) is 11.1 Å². The molecule has 5 rings (SSSR count). The van der Waals surface area contributed by atoms with Crippen LogP contribution in [-0.2, 0) is 4.74 Å². The summed E-state index contributed by atoms with van der Waals surface area (Å²) in [5.74, 6) is 0.521. The van der Waals surface area contributed by atoms with E-state index in [0.717, 1.165) is 43.7 Å². The van der Waals surface area contributed by atoms with Gasteiger partial charge in [0.05, 0.1) is 23.1 Å². The molecule has 2 amide bonds. The fourth-order valence-corrected chi connectivity index (χ4v) is 5.46. The Balaban J connectivity index is 1.38. The minimum Gasteiger partial charge on any atom is -0.444 e. The lowest BCUT2D eigenvalue weighted by molar-refractivity contribution is 0.0203. The fraction of sp³-hybridized carbons (Fsp3) is 0.433. The molecular formula is C30H36N4O3. The van der Waals surface area contributed by atoms with Crippen molar-refractivity contribution in [3.8, 4) is 5.69 Å². The van der Waals surface area contributed by atoms with Gasteiger partial charge in [-0.05, 0) is 57.7 Å². The first kappa shape index (κ1) is 25.1. The molecule has 3 aromatic rings. The summed E-state index contributed by atoms with van der Waals surface area (Å²) >= 11 is 0. The van der Waals surface area contributed by atoms with Crippen LogP contribution >= 0.6 is 0 Å². The van der Waals surface area contributed by atoms with Crippen LogP contribution in [0.2, 0.25) is 0 Å². The number of hydrogen-bond donors (Lipinski definition) is 0. The molecule has 0 spiro atoms. The lowest BCUT2D eigenvalue weighted by atomic mass is 9.90. The van der Waals surface area contributed by atoms with Gasteiger partial charge in [-0.1, -0.05) is 48.5 Å². The van der Waals surface area contributed by atoms with Crippen LogP contribution in [0.5, 0.6) is 0 Å². The fourth-order valence-electron chi connectivity index (χ4n) is 5.46. The zero-order valence-electron chi connectivity index (χ0n) is 22.0. The van der Waals surface area contributed by atoms with Crippen molar-refractivity contribution in [2.24, 2.45) is 0 Å². The van der Waals surface area contributed by atoms with Crippen LogP contribution in [0.25, 0.3) is 5.69 Å². The van der Waals surface area contributed by atoms with E-state index in [1.807, 2.05) is 66.8 Å². The summed E-state index contributed by atoms with van der Waals surface area (Å²) in [6.07, 6.45) is 3.94. The van der Waals surface area contributed by atoms with Crippen molar-refractivity contribution < 1.29 is 14.3 Å². The zero-order valence-corrected chi connectivity index (χ0v) is 22.0. The van der Waals surface area contributed by atoms with Crippen molar-refractivity contribution in [1.29, 1.82) is 0 Å². The molecule has 0 aliphatic carbocycles. The Kier molecular flexibility index (Phi) is 7.04. The van der Waals surface area contributed by atoms with E-state index in [4.69, 9.17) is 9.84 Å². The standard InChI is InChI=1S/C30H36N4O3/c1-30(2,3)37-29(36)32-17-14-23(15-18-32)27-26(20-31-34(27)25-12-8-5-9-13-25)28(35)33-19-16-24(21-33)22-10-6-4-7-11-22/h4-13,20,23-24H,14-19,21H2,1-3H3/t24-/m1/s1. The predicted molar refractivity (Wildman–Crippen MR) is 143 cm³/mol. The molecule has 0 N–H and O–H groups in total. The summed E-state index contributed by atoms with van der Waals surface area (Å²) < 4.78 is 7.50. The van der Waals surface area contributed by atoms with Crippen LogP contribution in [0, 0.1) is 0 Å². The average Bonchev–Trinajstić information content (AvgIpc) is 3.57. The van der Waals surface area contributed by atoms with Gasteiger partial charge in [-0.15, -0.1) is 0 Å². The Labute approximate surface area is 219 Å². The quantitative estimate of drug-likeness (QED) is 0.467. The van der Waals surface area contributed by atoms with Crippen molar-refractivity contribution in [3.63, 3.8) is 0 Å². The molecular weight excluding hydrogens is 464 g/mol. The van der Waals surface area contributed by atoms with Gasteiger partial charge >= 0.3 is 6.09 Å². The third kappa shape index (κ3) is 5.55. The van der Waals surface area contributed by atoms with E-state index in [1.165, 1.54) is 5.56 Å². The second kappa shape index (κ2) is 10.4. The number of ether oxygens (including phenoxy) is 1. The normalized spacial score (nSPS) is 18.7. The third-order valence-corrected chi connectivity index (χ3v) is 7.32. The molecule has 1 atom stereocenters. The summed E-state index contributed by atoms with van der Waals surface area (Å²) in [7, 11) is 0. The molecule has 194 valence electrons. The molecule has 2 aliphatic heterocycles. The molecule has 2 aromatic carbocycles. The Morgan fingerprint density at radius 3 is 2.08 bits per heavy atom.